The van der Waals surface area contributed by atoms with Gasteiger partial charge in [-0.3, -0.25) is 4.79 Å². The molecule has 3 rings (SSSR count). The summed E-state index contributed by atoms with van der Waals surface area (Å²) in [5.41, 5.74) is 0.565. The molecule has 0 atom stereocenters. The lowest BCUT2D eigenvalue weighted by Crippen LogP contribution is -2.47. The number of likely N-dealkylation sites (tertiary alicyclic amines) is 1. The Labute approximate surface area is 152 Å². The highest BCUT2D eigenvalue weighted by atomic mass is 16.6. The van der Waals surface area contributed by atoms with E-state index in [1.54, 1.807) is 48.4 Å². The highest BCUT2D eigenvalue weighted by Gasteiger charge is 2.25. The maximum absolute atomic E-state index is 12.4. The normalized spacial score (nSPS) is 14.6. The summed E-state index contributed by atoms with van der Waals surface area (Å²) in [4.78, 5) is 26.2. The van der Waals surface area contributed by atoms with Crippen molar-refractivity contribution in [3.63, 3.8) is 0 Å². The molecular formula is C20H22N2O4. The number of benzene rings is 2. The van der Waals surface area contributed by atoms with Crippen molar-refractivity contribution in [3.05, 3.63) is 60.2 Å². The molecule has 1 aliphatic heterocycles. The monoisotopic (exact) mass is 354 g/mol. The summed E-state index contributed by atoms with van der Waals surface area (Å²) in [6, 6.07) is 16.1. The zero-order chi connectivity index (χ0) is 18.4. The number of nitrogens with one attached hydrogen (secondary N) is 1. The van der Waals surface area contributed by atoms with Crippen LogP contribution in [0.2, 0.25) is 0 Å². The number of hydrogen-bond donors (Lipinski definition) is 1. The summed E-state index contributed by atoms with van der Waals surface area (Å²) in [6.45, 7) is 1.10. The molecule has 6 heteroatoms. The average Bonchev–Trinajstić information content (AvgIpc) is 2.69. The average molecular weight is 354 g/mol. The lowest BCUT2D eigenvalue weighted by atomic mass is 10.0. The van der Waals surface area contributed by atoms with Crippen molar-refractivity contribution in [2.45, 2.75) is 18.9 Å². The van der Waals surface area contributed by atoms with E-state index < -0.39 is 0 Å². The molecule has 136 valence electrons. The van der Waals surface area contributed by atoms with Crippen LogP contribution in [0.5, 0.6) is 11.5 Å². The lowest BCUT2D eigenvalue weighted by molar-refractivity contribution is 0.0909. The fourth-order valence-corrected chi connectivity index (χ4v) is 2.89. The number of rotatable bonds is 4. The molecule has 2 aromatic carbocycles. The van der Waals surface area contributed by atoms with Gasteiger partial charge in [-0.25, -0.2) is 4.79 Å². The molecule has 0 unspecified atom stereocenters. The molecule has 1 N–H and O–H groups in total. The van der Waals surface area contributed by atoms with Gasteiger partial charge < -0.3 is 19.7 Å². The Morgan fingerprint density at radius 2 is 1.69 bits per heavy atom. The number of carbonyl (C=O) groups is 2. The first kappa shape index (κ1) is 17.8. The van der Waals surface area contributed by atoms with Crippen molar-refractivity contribution in [2.75, 3.05) is 20.2 Å². The molecule has 1 fully saturated rings. The Balaban J connectivity index is 1.49. The number of methoxy groups -OCH3 is 1. The summed E-state index contributed by atoms with van der Waals surface area (Å²) in [7, 11) is 1.57. The van der Waals surface area contributed by atoms with Crippen molar-refractivity contribution < 1.29 is 19.1 Å². The minimum Gasteiger partial charge on any atom is -0.497 e. The molecule has 0 aromatic heterocycles. The summed E-state index contributed by atoms with van der Waals surface area (Å²) >= 11 is 0. The molecular weight excluding hydrogens is 332 g/mol. The van der Waals surface area contributed by atoms with Crippen molar-refractivity contribution >= 4 is 12.0 Å². The van der Waals surface area contributed by atoms with Crippen LogP contribution < -0.4 is 14.8 Å². The quantitative estimate of drug-likeness (QED) is 0.916. The third kappa shape index (κ3) is 4.53. The van der Waals surface area contributed by atoms with E-state index in [0.717, 1.165) is 0 Å². The van der Waals surface area contributed by atoms with Gasteiger partial charge in [0.05, 0.1) is 7.11 Å². The van der Waals surface area contributed by atoms with Gasteiger partial charge >= 0.3 is 6.09 Å². The second-order valence-electron chi connectivity index (χ2n) is 6.15. The van der Waals surface area contributed by atoms with Crippen LogP contribution in [0.4, 0.5) is 4.79 Å². The molecule has 0 aliphatic carbocycles. The number of piperidine rings is 1. The minimum atomic E-state index is -0.353. The highest BCUT2D eigenvalue weighted by Crippen LogP contribution is 2.16. The summed E-state index contributed by atoms with van der Waals surface area (Å²) in [6.07, 6.45) is 1.04. The van der Waals surface area contributed by atoms with E-state index >= 15 is 0 Å². The van der Waals surface area contributed by atoms with E-state index in [4.69, 9.17) is 9.47 Å². The fraction of sp³-hybridized carbons (Fsp3) is 0.300. The molecule has 1 saturated heterocycles. The van der Waals surface area contributed by atoms with Crippen molar-refractivity contribution in [1.82, 2.24) is 10.2 Å². The molecule has 1 aliphatic rings. The van der Waals surface area contributed by atoms with Crippen LogP contribution in [0.1, 0.15) is 23.2 Å². The zero-order valence-electron chi connectivity index (χ0n) is 14.7. The maximum Gasteiger partial charge on any atom is 0.415 e. The van der Waals surface area contributed by atoms with Crippen LogP contribution in [0.25, 0.3) is 0 Å². The van der Waals surface area contributed by atoms with Crippen molar-refractivity contribution in [1.29, 1.82) is 0 Å². The second-order valence-corrected chi connectivity index (χ2v) is 6.15. The number of carbonyl (C=O) groups excluding carboxylic acids is 2. The smallest absolute Gasteiger partial charge is 0.415 e. The van der Waals surface area contributed by atoms with Gasteiger partial charge in [0.15, 0.2) is 0 Å². The SMILES string of the molecule is COc1cccc(C(=O)NC2CCN(C(=O)Oc3ccccc3)CC2)c1. The van der Waals surface area contributed by atoms with Crippen LogP contribution in [0.15, 0.2) is 54.6 Å². The van der Waals surface area contributed by atoms with Crippen molar-refractivity contribution in [3.8, 4) is 11.5 Å². The van der Waals surface area contributed by atoms with Gasteiger partial charge in [0.2, 0.25) is 0 Å². The minimum absolute atomic E-state index is 0.0366. The molecule has 26 heavy (non-hydrogen) atoms. The van der Waals surface area contributed by atoms with Gasteiger partial charge in [-0.2, -0.15) is 0 Å². The number of nitrogens with zero attached hydrogens (tertiary/aromatic N) is 1. The largest absolute Gasteiger partial charge is 0.497 e. The summed E-state index contributed by atoms with van der Waals surface area (Å²) in [5.74, 6) is 1.05. The van der Waals surface area contributed by atoms with Gasteiger partial charge in [0.1, 0.15) is 11.5 Å². The van der Waals surface area contributed by atoms with E-state index in [0.29, 0.717) is 43.0 Å². The molecule has 0 radical (unpaired) electrons. The van der Waals surface area contributed by atoms with E-state index in [-0.39, 0.29) is 18.0 Å². The van der Waals surface area contributed by atoms with Crippen LogP contribution in [0.3, 0.4) is 0 Å². The molecule has 2 amide bonds. The van der Waals surface area contributed by atoms with E-state index in [2.05, 4.69) is 5.32 Å². The van der Waals surface area contributed by atoms with Crippen molar-refractivity contribution in [2.24, 2.45) is 0 Å². The third-order valence-corrected chi connectivity index (χ3v) is 4.37. The molecule has 6 nitrogen and oxygen atoms in total. The van der Waals surface area contributed by atoms with Crippen LogP contribution >= 0.6 is 0 Å². The zero-order valence-corrected chi connectivity index (χ0v) is 14.7. The topological polar surface area (TPSA) is 67.9 Å². The number of ether oxygens (including phenoxy) is 2. The van der Waals surface area contributed by atoms with Gasteiger partial charge in [-0.05, 0) is 43.2 Å². The maximum atomic E-state index is 12.4. The Hall–Kier alpha value is -3.02. The van der Waals surface area contributed by atoms with Gasteiger partial charge in [-0.1, -0.05) is 24.3 Å². The first-order valence-electron chi connectivity index (χ1n) is 8.62. The first-order chi connectivity index (χ1) is 12.7. The van der Waals surface area contributed by atoms with Gasteiger partial charge in [0.25, 0.3) is 5.91 Å². The van der Waals surface area contributed by atoms with Crippen LogP contribution in [0, 0.1) is 0 Å². The standard InChI is InChI=1S/C20H22N2O4/c1-25-18-9-5-6-15(14-18)19(23)21-16-10-12-22(13-11-16)20(24)26-17-7-3-2-4-8-17/h2-9,14,16H,10-13H2,1H3,(H,21,23). The predicted octanol–water partition coefficient (Wildman–Crippen LogP) is 3.09. The number of amides is 2. The summed E-state index contributed by atoms with van der Waals surface area (Å²) in [5, 5.41) is 3.02. The van der Waals surface area contributed by atoms with Gasteiger partial charge in [0, 0.05) is 24.7 Å². The fourth-order valence-electron chi connectivity index (χ4n) is 2.89. The molecule has 2 aromatic rings. The first-order valence-corrected chi connectivity index (χ1v) is 8.62. The van der Waals surface area contributed by atoms with E-state index in [1.165, 1.54) is 0 Å². The summed E-state index contributed by atoms with van der Waals surface area (Å²) < 4.78 is 10.5. The Morgan fingerprint density at radius 3 is 2.38 bits per heavy atom. The molecule has 0 spiro atoms. The molecule has 1 heterocycles. The Kier molecular flexibility index (Phi) is 5.73. The molecule has 0 saturated carbocycles. The van der Waals surface area contributed by atoms with E-state index in [1.807, 2.05) is 18.2 Å². The lowest BCUT2D eigenvalue weighted by Gasteiger charge is -2.31. The second kappa shape index (κ2) is 8.38. The Bertz CT molecular complexity index is 755. The van der Waals surface area contributed by atoms with E-state index in [9.17, 15) is 9.59 Å². The van der Waals surface area contributed by atoms with Crippen LogP contribution in [-0.4, -0.2) is 43.1 Å². The van der Waals surface area contributed by atoms with Crippen LogP contribution in [-0.2, 0) is 0 Å². The number of para-hydroxylation sites is 1. The highest BCUT2D eigenvalue weighted by molar-refractivity contribution is 5.94. The number of hydrogen-bond acceptors (Lipinski definition) is 4. The Morgan fingerprint density at radius 1 is 1.00 bits per heavy atom. The molecule has 0 bridgehead atoms. The predicted molar refractivity (Wildman–Crippen MR) is 97.5 cm³/mol. The van der Waals surface area contributed by atoms with Gasteiger partial charge in [-0.15, -0.1) is 0 Å². The third-order valence-electron chi connectivity index (χ3n) is 4.37.